The molecular weight excluding hydrogens is 354 g/mol. The van der Waals surface area contributed by atoms with Gasteiger partial charge in [0, 0.05) is 17.9 Å². The van der Waals surface area contributed by atoms with Crippen LogP contribution >= 0.6 is 0 Å². The van der Waals surface area contributed by atoms with Gasteiger partial charge in [-0.05, 0) is 57.9 Å². The number of carbonyl (C=O) groups excluding carboxylic acids is 2. The predicted molar refractivity (Wildman–Crippen MR) is 113 cm³/mol. The summed E-state index contributed by atoms with van der Waals surface area (Å²) in [7, 11) is 0. The number of nitrogens with one attached hydrogen (secondary N) is 2. The summed E-state index contributed by atoms with van der Waals surface area (Å²) < 4.78 is 5.23. The molecule has 2 N–H and O–H groups in total. The van der Waals surface area contributed by atoms with Gasteiger partial charge in [0.05, 0.1) is 6.54 Å². The van der Waals surface area contributed by atoms with Gasteiger partial charge < -0.3 is 15.0 Å². The number of aryl methyl sites for hydroxylation is 4. The highest BCUT2D eigenvalue weighted by molar-refractivity contribution is 5.90. The summed E-state index contributed by atoms with van der Waals surface area (Å²) in [5.74, 6) is 0. The second kappa shape index (κ2) is 9.78. The molecule has 2 aromatic carbocycles. The van der Waals surface area contributed by atoms with Gasteiger partial charge in [-0.1, -0.05) is 35.4 Å². The molecule has 0 bridgehead atoms. The third-order valence-corrected chi connectivity index (χ3v) is 4.51. The van der Waals surface area contributed by atoms with Crippen molar-refractivity contribution in [3.8, 4) is 0 Å². The van der Waals surface area contributed by atoms with Gasteiger partial charge in [-0.3, -0.25) is 5.32 Å². The lowest BCUT2D eigenvalue weighted by molar-refractivity contribution is 0.145. The lowest BCUT2D eigenvalue weighted by Gasteiger charge is -2.22. The fraction of sp³-hybridized carbons (Fsp3) is 0.364. The number of likely N-dealkylation sites (N-methyl/N-ethyl adjacent to an activating group) is 1. The minimum absolute atomic E-state index is 0.116. The number of benzene rings is 2. The van der Waals surface area contributed by atoms with E-state index in [-0.39, 0.29) is 12.6 Å². The van der Waals surface area contributed by atoms with Crippen molar-refractivity contribution in [1.82, 2.24) is 4.90 Å². The van der Waals surface area contributed by atoms with E-state index in [1.165, 1.54) is 0 Å². The van der Waals surface area contributed by atoms with Gasteiger partial charge in [0.2, 0.25) is 0 Å². The summed E-state index contributed by atoms with van der Waals surface area (Å²) in [6, 6.07) is 11.4. The Morgan fingerprint density at radius 3 is 1.93 bits per heavy atom. The quantitative estimate of drug-likeness (QED) is 0.735. The zero-order valence-electron chi connectivity index (χ0n) is 17.3. The number of anilines is 2. The molecule has 3 amide bonds. The van der Waals surface area contributed by atoms with Crippen LogP contribution in [0.2, 0.25) is 0 Å². The molecule has 0 radical (unpaired) electrons. The number of ether oxygens (including phenoxy) is 1. The molecule has 0 aliphatic carbocycles. The van der Waals surface area contributed by atoms with E-state index in [0.29, 0.717) is 13.1 Å². The zero-order valence-corrected chi connectivity index (χ0v) is 17.3. The lowest BCUT2D eigenvalue weighted by Crippen LogP contribution is -2.38. The standard InChI is InChI=1S/C22H29N3O3/c1-6-25(21(26)23-19-9-7-15(2)13-17(19)4)11-12-28-22(27)24-20-10-8-16(3)14-18(20)5/h7-10,13-14H,6,11-12H2,1-5H3,(H,23,26)(H,24,27). The normalized spacial score (nSPS) is 10.3. The highest BCUT2D eigenvalue weighted by Gasteiger charge is 2.14. The first kappa shape index (κ1) is 21.3. The van der Waals surface area contributed by atoms with Crippen LogP contribution in [0.4, 0.5) is 21.0 Å². The Balaban J connectivity index is 1.83. The van der Waals surface area contributed by atoms with Crippen molar-refractivity contribution < 1.29 is 14.3 Å². The number of hydrogen-bond acceptors (Lipinski definition) is 3. The molecule has 0 spiro atoms. The van der Waals surface area contributed by atoms with E-state index in [1.807, 2.05) is 71.0 Å². The van der Waals surface area contributed by atoms with Gasteiger partial charge in [0.1, 0.15) is 6.61 Å². The van der Waals surface area contributed by atoms with E-state index in [4.69, 9.17) is 4.74 Å². The maximum absolute atomic E-state index is 12.5. The molecule has 2 rings (SSSR count). The average Bonchev–Trinajstić information content (AvgIpc) is 2.63. The van der Waals surface area contributed by atoms with Crippen molar-refractivity contribution in [2.45, 2.75) is 34.6 Å². The van der Waals surface area contributed by atoms with Crippen molar-refractivity contribution >= 4 is 23.5 Å². The summed E-state index contributed by atoms with van der Waals surface area (Å²) in [4.78, 5) is 26.1. The van der Waals surface area contributed by atoms with Gasteiger partial charge in [0.15, 0.2) is 0 Å². The summed E-state index contributed by atoms with van der Waals surface area (Å²) in [5, 5.41) is 5.64. The number of urea groups is 1. The van der Waals surface area contributed by atoms with Crippen LogP contribution in [0.5, 0.6) is 0 Å². The summed E-state index contributed by atoms with van der Waals surface area (Å²) in [5.41, 5.74) is 5.75. The van der Waals surface area contributed by atoms with Crippen molar-refractivity contribution in [2.75, 3.05) is 30.3 Å². The highest BCUT2D eigenvalue weighted by Crippen LogP contribution is 2.17. The van der Waals surface area contributed by atoms with Gasteiger partial charge in [-0.15, -0.1) is 0 Å². The van der Waals surface area contributed by atoms with Gasteiger partial charge in [0.25, 0.3) is 0 Å². The molecule has 0 fully saturated rings. The van der Waals surface area contributed by atoms with Crippen LogP contribution < -0.4 is 10.6 Å². The molecule has 150 valence electrons. The van der Waals surface area contributed by atoms with Crippen LogP contribution in [0.3, 0.4) is 0 Å². The fourth-order valence-electron chi connectivity index (χ4n) is 2.90. The first-order valence-electron chi connectivity index (χ1n) is 9.44. The number of nitrogens with zero attached hydrogens (tertiary/aromatic N) is 1. The minimum atomic E-state index is -0.530. The maximum Gasteiger partial charge on any atom is 0.411 e. The molecule has 0 aromatic heterocycles. The third-order valence-electron chi connectivity index (χ3n) is 4.51. The molecule has 0 saturated carbocycles. The summed E-state index contributed by atoms with van der Waals surface area (Å²) >= 11 is 0. The fourth-order valence-corrected chi connectivity index (χ4v) is 2.90. The maximum atomic E-state index is 12.5. The largest absolute Gasteiger partial charge is 0.447 e. The topological polar surface area (TPSA) is 70.7 Å². The van der Waals surface area contributed by atoms with Crippen molar-refractivity contribution in [3.05, 3.63) is 58.7 Å². The van der Waals surface area contributed by atoms with Crippen molar-refractivity contribution in [1.29, 1.82) is 0 Å². The number of amides is 3. The van der Waals surface area contributed by atoms with Crippen molar-refractivity contribution in [3.63, 3.8) is 0 Å². The molecule has 0 unspecified atom stereocenters. The molecule has 2 aromatic rings. The van der Waals surface area contributed by atoms with Crippen LogP contribution in [0.25, 0.3) is 0 Å². The van der Waals surface area contributed by atoms with Gasteiger partial charge in [-0.2, -0.15) is 0 Å². The Kier molecular flexibility index (Phi) is 7.44. The second-order valence-electron chi connectivity index (χ2n) is 6.91. The Hall–Kier alpha value is -3.02. The SMILES string of the molecule is CCN(CCOC(=O)Nc1ccc(C)cc1C)C(=O)Nc1ccc(C)cc1C. The Morgan fingerprint density at radius 1 is 0.893 bits per heavy atom. The van der Waals surface area contributed by atoms with E-state index in [9.17, 15) is 9.59 Å². The molecule has 0 atom stereocenters. The molecule has 0 heterocycles. The molecule has 0 saturated heterocycles. The molecule has 28 heavy (non-hydrogen) atoms. The minimum Gasteiger partial charge on any atom is -0.447 e. The van der Waals surface area contributed by atoms with Crippen LogP contribution in [0, 0.1) is 27.7 Å². The van der Waals surface area contributed by atoms with E-state index < -0.39 is 6.09 Å². The third kappa shape index (κ3) is 6.01. The Bertz CT molecular complexity index is 849. The Morgan fingerprint density at radius 2 is 1.43 bits per heavy atom. The van der Waals surface area contributed by atoms with Crippen LogP contribution in [0.15, 0.2) is 36.4 Å². The molecule has 6 heteroatoms. The highest BCUT2D eigenvalue weighted by atomic mass is 16.5. The monoisotopic (exact) mass is 383 g/mol. The summed E-state index contributed by atoms with van der Waals surface area (Å²) in [6.45, 7) is 10.7. The Labute approximate surface area is 166 Å². The predicted octanol–water partition coefficient (Wildman–Crippen LogP) is 5.02. The average molecular weight is 383 g/mol. The first-order valence-corrected chi connectivity index (χ1v) is 9.44. The van der Waals surface area contributed by atoms with E-state index in [1.54, 1.807) is 4.90 Å². The molecular formula is C22H29N3O3. The molecule has 0 aliphatic heterocycles. The van der Waals surface area contributed by atoms with Crippen LogP contribution in [-0.4, -0.2) is 36.7 Å². The van der Waals surface area contributed by atoms with Gasteiger partial charge >= 0.3 is 12.1 Å². The smallest absolute Gasteiger partial charge is 0.411 e. The molecule has 6 nitrogen and oxygen atoms in total. The van der Waals surface area contributed by atoms with Crippen molar-refractivity contribution in [2.24, 2.45) is 0 Å². The van der Waals surface area contributed by atoms with E-state index >= 15 is 0 Å². The van der Waals surface area contributed by atoms with E-state index in [2.05, 4.69) is 10.6 Å². The zero-order chi connectivity index (χ0) is 20.7. The number of rotatable bonds is 6. The van der Waals surface area contributed by atoms with E-state index in [0.717, 1.165) is 33.6 Å². The number of hydrogen-bond donors (Lipinski definition) is 2. The lowest BCUT2D eigenvalue weighted by atomic mass is 10.1. The van der Waals surface area contributed by atoms with Crippen LogP contribution in [0.1, 0.15) is 29.2 Å². The van der Waals surface area contributed by atoms with Gasteiger partial charge in [-0.25, -0.2) is 9.59 Å². The first-order chi connectivity index (χ1) is 13.3. The second-order valence-corrected chi connectivity index (χ2v) is 6.91. The number of carbonyl (C=O) groups is 2. The summed E-state index contributed by atoms with van der Waals surface area (Å²) in [6.07, 6.45) is -0.530. The molecule has 0 aliphatic rings. The van der Waals surface area contributed by atoms with Crippen LogP contribution in [-0.2, 0) is 4.74 Å².